The van der Waals surface area contributed by atoms with E-state index in [0.29, 0.717) is 37.7 Å². The number of nitrogens with zero attached hydrogens (tertiary/aromatic N) is 4. The Balaban J connectivity index is 1.66. The molecule has 1 aromatic carbocycles. The average Bonchev–Trinajstić information content (AvgIpc) is 2.68. The van der Waals surface area contributed by atoms with Crippen molar-refractivity contribution in [3.63, 3.8) is 0 Å². The number of carbonyl (C=O) groups is 2. The number of benzene rings is 1. The molecule has 2 amide bonds. The minimum Gasteiger partial charge on any atom is -0.340 e. The summed E-state index contributed by atoms with van der Waals surface area (Å²) in [6.07, 6.45) is 2.38. The third kappa shape index (κ3) is 4.17. The Hall–Kier alpha value is -2.96. The van der Waals surface area contributed by atoms with Crippen LogP contribution in [0.2, 0.25) is 0 Å². The number of carbonyl (C=O) groups excluding carboxylic acids is 2. The van der Waals surface area contributed by atoms with Crippen LogP contribution in [0.4, 0.5) is 11.5 Å². The minimum atomic E-state index is -0.139. The molecule has 1 saturated heterocycles. The molecule has 1 N–H and O–H groups in total. The second kappa shape index (κ2) is 7.95. The molecule has 2 aromatic rings. The van der Waals surface area contributed by atoms with E-state index in [1.807, 2.05) is 12.1 Å². The van der Waals surface area contributed by atoms with Crippen molar-refractivity contribution < 1.29 is 9.59 Å². The lowest BCUT2D eigenvalue weighted by Crippen LogP contribution is -2.50. The molecule has 1 aliphatic rings. The van der Waals surface area contributed by atoms with E-state index in [-0.39, 0.29) is 11.8 Å². The first-order chi connectivity index (χ1) is 12.6. The first-order valence-electron chi connectivity index (χ1n) is 8.79. The van der Waals surface area contributed by atoms with Crippen molar-refractivity contribution in [2.75, 3.05) is 31.5 Å². The summed E-state index contributed by atoms with van der Waals surface area (Å²) in [7, 11) is 0. The van der Waals surface area contributed by atoms with Crippen LogP contribution in [0.1, 0.15) is 29.9 Å². The Morgan fingerprint density at radius 3 is 2.31 bits per heavy atom. The predicted molar refractivity (Wildman–Crippen MR) is 99.3 cm³/mol. The van der Waals surface area contributed by atoms with E-state index in [4.69, 9.17) is 0 Å². The average molecular weight is 353 g/mol. The molecular weight excluding hydrogens is 330 g/mol. The van der Waals surface area contributed by atoms with Crippen LogP contribution in [0.25, 0.3) is 0 Å². The second-order valence-corrected chi connectivity index (χ2v) is 6.26. The van der Waals surface area contributed by atoms with Gasteiger partial charge in [0.2, 0.25) is 5.91 Å². The molecule has 7 nitrogen and oxygen atoms in total. The summed E-state index contributed by atoms with van der Waals surface area (Å²) in [5, 5.41) is 3.20. The fraction of sp³-hybridized carbons (Fsp3) is 0.368. The number of rotatable bonds is 4. The number of aryl methyl sites for hydroxylation is 1. The minimum absolute atomic E-state index is 0.0414. The van der Waals surface area contributed by atoms with Gasteiger partial charge in [0, 0.05) is 44.9 Å². The Bertz CT molecular complexity index is 783. The van der Waals surface area contributed by atoms with Crippen LogP contribution in [-0.4, -0.2) is 57.8 Å². The first-order valence-corrected chi connectivity index (χ1v) is 8.79. The summed E-state index contributed by atoms with van der Waals surface area (Å²) >= 11 is 0. The molecule has 1 aromatic heterocycles. The highest BCUT2D eigenvalue weighted by Crippen LogP contribution is 2.17. The smallest absolute Gasteiger partial charge is 0.272 e. The standard InChI is InChI=1S/C19H23N5O2/c1-3-15-4-6-16(7-5-15)22-18-12-17(20-13-21-18)19(26)24-10-8-23(9-11-24)14(2)25/h4-7,12-13H,3,8-11H2,1-2H3,(H,20,21,22). The number of anilines is 2. The van der Waals surface area contributed by atoms with Crippen molar-refractivity contribution in [1.82, 2.24) is 19.8 Å². The molecule has 0 bridgehead atoms. The molecule has 0 radical (unpaired) electrons. The van der Waals surface area contributed by atoms with Gasteiger partial charge in [0.05, 0.1) is 0 Å². The molecular formula is C19H23N5O2. The third-order valence-corrected chi connectivity index (χ3v) is 4.53. The van der Waals surface area contributed by atoms with Gasteiger partial charge in [0.1, 0.15) is 17.8 Å². The van der Waals surface area contributed by atoms with E-state index in [1.54, 1.807) is 22.8 Å². The molecule has 0 unspecified atom stereocenters. The number of nitrogens with one attached hydrogen (secondary N) is 1. The zero-order valence-electron chi connectivity index (χ0n) is 15.1. The van der Waals surface area contributed by atoms with Crippen LogP contribution in [0, 0.1) is 0 Å². The largest absolute Gasteiger partial charge is 0.340 e. The van der Waals surface area contributed by atoms with Crippen molar-refractivity contribution in [1.29, 1.82) is 0 Å². The van der Waals surface area contributed by atoms with Gasteiger partial charge in [-0.05, 0) is 24.1 Å². The van der Waals surface area contributed by atoms with Gasteiger partial charge in [-0.1, -0.05) is 19.1 Å². The van der Waals surface area contributed by atoms with E-state index < -0.39 is 0 Å². The molecule has 0 aliphatic carbocycles. The van der Waals surface area contributed by atoms with Crippen LogP contribution in [-0.2, 0) is 11.2 Å². The molecule has 2 heterocycles. The van der Waals surface area contributed by atoms with Crippen LogP contribution < -0.4 is 5.32 Å². The highest BCUT2D eigenvalue weighted by atomic mass is 16.2. The van der Waals surface area contributed by atoms with Gasteiger partial charge < -0.3 is 15.1 Å². The molecule has 0 spiro atoms. The zero-order chi connectivity index (χ0) is 18.5. The van der Waals surface area contributed by atoms with Gasteiger partial charge in [0.15, 0.2) is 0 Å². The van der Waals surface area contributed by atoms with Gasteiger partial charge in [-0.3, -0.25) is 9.59 Å². The molecule has 3 rings (SSSR count). The first kappa shape index (κ1) is 17.8. The number of hydrogen-bond donors (Lipinski definition) is 1. The highest BCUT2D eigenvalue weighted by Gasteiger charge is 2.24. The predicted octanol–water partition coefficient (Wildman–Crippen LogP) is 2.09. The Kier molecular flexibility index (Phi) is 5.46. The summed E-state index contributed by atoms with van der Waals surface area (Å²) in [5.41, 5.74) is 2.53. The summed E-state index contributed by atoms with van der Waals surface area (Å²) in [4.78, 5) is 35.8. The summed E-state index contributed by atoms with van der Waals surface area (Å²) in [6.45, 7) is 5.81. The maximum Gasteiger partial charge on any atom is 0.272 e. The number of hydrogen-bond acceptors (Lipinski definition) is 5. The number of amides is 2. The Morgan fingerprint density at radius 2 is 1.69 bits per heavy atom. The molecule has 1 aliphatic heterocycles. The lowest BCUT2D eigenvalue weighted by Gasteiger charge is -2.34. The summed E-state index contributed by atoms with van der Waals surface area (Å²) in [5.74, 6) is 0.481. The normalized spacial score (nSPS) is 14.2. The van der Waals surface area contributed by atoms with E-state index in [9.17, 15) is 9.59 Å². The quantitative estimate of drug-likeness (QED) is 0.910. The Labute approximate surface area is 153 Å². The van der Waals surface area contributed by atoms with E-state index >= 15 is 0 Å². The van der Waals surface area contributed by atoms with Crippen LogP contribution in [0.15, 0.2) is 36.7 Å². The summed E-state index contributed by atoms with van der Waals surface area (Å²) < 4.78 is 0. The van der Waals surface area contributed by atoms with Crippen LogP contribution in [0.3, 0.4) is 0 Å². The fourth-order valence-corrected chi connectivity index (χ4v) is 2.90. The van der Waals surface area contributed by atoms with E-state index in [1.165, 1.54) is 11.9 Å². The maximum absolute atomic E-state index is 12.7. The van der Waals surface area contributed by atoms with Crippen LogP contribution >= 0.6 is 0 Å². The van der Waals surface area contributed by atoms with Crippen molar-refractivity contribution in [3.8, 4) is 0 Å². The maximum atomic E-state index is 12.7. The van der Waals surface area contributed by atoms with Gasteiger partial charge in [0.25, 0.3) is 5.91 Å². The lowest BCUT2D eigenvalue weighted by atomic mass is 10.1. The van der Waals surface area contributed by atoms with Crippen molar-refractivity contribution >= 4 is 23.3 Å². The molecule has 7 heteroatoms. The monoisotopic (exact) mass is 353 g/mol. The van der Waals surface area contributed by atoms with Crippen molar-refractivity contribution in [3.05, 3.63) is 47.9 Å². The van der Waals surface area contributed by atoms with Crippen LogP contribution in [0.5, 0.6) is 0 Å². The molecule has 26 heavy (non-hydrogen) atoms. The van der Waals surface area contributed by atoms with E-state index in [2.05, 4.69) is 34.3 Å². The molecule has 1 fully saturated rings. The summed E-state index contributed by atoms with van der Waals surface area (Å²) in [6, 6.07) is 9.76. The van der Waals surface area contributed by atoms with Gasteiger partial charge in [-0.15, -0.1) is 0 Å². The van der Waals surface area contributed by atoms with Gasteiger partial charge in [-0.2, -0.15) is 0 Å². The van der Waals surface area contributed by atoms with Crippen molar-refractivity contribution in [2.45, 2.75) is 20.3 Å². The molecule has 136 valence electrons. The highest BCUT2D eigenvalue weighted by molar-refractivity contribution is 5.93. The lowest BCUT2D eigenvalue weighted by molar-refractivity contribution is -0.130. The second-order valence-electron chi connectivity index (χ2n) is 6.26. The number of piperazine rings is 1. The Morgan fingerprint density at radius 1 is 1.04 bits per heavy atom. The number of aromatic nitrogens is 2. The van der Waals surface area contributed by atoms with Gasteiger partial charge in [-0.25, -0.2) is 9.97 Å². The topological polar surface area (TPSA) is 78.4 Å². The zero-order valence-corrected chi connectivity index (χ0v) is 15.1. The molecule has 0 atom stereocenters. The fourth-order valence-electron chi connectivity index (χ4n) is 2.90. The van der Waals surface area contributed by atoms with Gasteiger partial charge >= 0.3 is 0 Å². The van der Waals surface area contributed by atoms with E-state index in [0.717, 1.165) is 12.1 Å². The SMILES string of the molecule is CCc1ccc(Nc2cc(C(=O)N3CCN(C(C)=O)CC3)ncn2)cc1. The molecule has 0 saturated carbocycles. The van der Waals surface area contributed by atoms with Crippen molar-refractivity contribution in [2.24, 2.45) is 0 Å². The third-order valence-electron chi connectivity index (χ3n) is 4.53.